The number of rotatable bonds is 3. The van der Waals surface area contributed by atoms with Crippen LogP contribution in [-0.2, 0) is 9.53 Å². The van der Waals surface area contributed by atoms with E-state index < -0.39 is 11.8 Å². The molecular weight excluding hydrogens is 238 g/mol. The summed E-state index contributed by atoms with van der Waals surface area (Å²) in [4.78, 5) is 24.0. The first-order chi connectivity index (χ1) is 8.59. The molecular formula is C12H13NO5. The molecule has 6 heteroatoms. The second-order valence-electron chi connectivity index (χ2n) is 3.94. The Morgan fingerprint density at radius 2 is 1.89 bits per heavy atom. The van der Waals surface area contributed by atoms with Gasteiger partial charge in [0, 0.05) is 18.8 Å². The molecule has 1 aliphatic rings. The van der Waals surface area contributed by atoms with E-state index in [0.717, 1.165) is 0 Å². The number of carbonyl (C=O) groups excluding carboxylic acids is 1. The van der Waals surface area contributed by atoms with Crippen molar-refractivity contribution in [3.8, 4) is 5.75 Å². The highest BCUT2D eigenvalue weighted by Crippen LogP contribution is 2.25. The molecule has 1 aromatic rings. The van der Waals surface area contributed by atoms with Crippen LogP contribution in [0.3, 0.4) is 0 Å². The molecule has 0 aliphatic carbocycles. The molecule has 1 aliphatic heterocycles. The number of carboxylic acid groups (broad SMARTS) is 1. The predicted molar refractivity (Wildman–Crippen MR) is 63.1 cm³/mol. The number of ketones is 1. The molecule has 0 spiro atoms. The average Bonchev–Trinajstić information content (AvgIpc) is 2.39. The average molecular weight is 251 g/mol. The van der Waals surface area contributed by atoms with Gasteiger partial charge in [-0.05, 0) is 18.2 Å². The van der Waals surface area contributed by atoms with Gasteiger partial charge in [-0.3, -0.25) is 4.79 Å². The molecule has 2 rings (SSSR count). The Morgan fingerprint density at radius 1 is 1.22 bits per heavy atom. The van der Waals surface area contributed by atoms with E-state index in [1.54, 1.807) is 6.07 Å². The zero-order valence-electron chi connectivity index (χ0n) is 9.63. The van der Waals surface area contributed by atoms with Crippen molar-refractivity contribution in [2.75, 3.05) is 31.2 Å². The molecule has 0 unspecified atom stereocenters. The lowest BCUT2D eigenvalue weighted by molar-refractivity contribution is -0.131. The van der Waals surface area contributed by atoms with E-state index >= 15 is 0 Å². The van der Waals surface area contributed by atoms with Crippen LogP contribution in [0.4, 0.5) is 5.69 Å². The summed E-state index contributed by atoms with van der Waals surface area (Å²) in [7, 11) is 0. The Bertz CT molecular complexity index is 479. The van der Waals surface area contributed by atoms with Crippen LogP contribution in [0, 0.1) is 0 Å². The summed E-state index contributed by atoms with van der Waals surface area (Å²) < 4.78 is 5.21. The normalized spacial score (nSPS) is 15.4. The first kappa shape index (κ1) is 12.4. The number of nitrogens with zero attached hydrogens (tertiary/aromatic N) is 1. The number of carbonyl (C=O) groups is 2. The molecule has 0 amide bonds. The maximum absolute atomic E-state index is 11.4. The number of aromatic hydroxyl groups is 1. The van der Waals surface area contributed by atoms with Gasteiger partial charge in [0.2, 0.25) is 0 Å². The van der Waals surface area contributed by atoms with E-state index in [0.29, 0.717) is 32.0 Å². The molecule has 0 saturated carbocycles. The van der Waals surface area contributed by atoms with Crippen molar-refractivity contribution in [1.82, 2.24) is 0 Å². The molecule has 0 atom stereocenters. The topological polar surface area (TPSA) is 87.1 Å². The van der Waals surface area contributed by atoms with Crippen molar-refractivity contribution in [1.29, 1.82) is 0 Å². The Morgan fingerprint density at radius 3 is 2.50 bits per heavy atom. The molecule has 96 valence electrons. The van der Waals surface area contributed by atoms with Crippen LogP contribution < -0.4 is 4.90 Å². The minimum atomic E-state index is -1.58. The number of anilines is 1. The molecule has 0 radical (unpaired) electrons. The lowest BCUT2D eigenvalue weighted by atomic mass is 10.1. The summed E-state index contributed by atoms with van der Waals surface area (Å²) in [5, 5.41) is 18.2. The second kappa shape index (κ2) is 5.05. The molecule has 2 N–H and O–H groups in total. The number of benzene rings is 1. The molecule has 0 bridgehead atoms. The lowest BCUT2D eigenvalue weighted by Crippen LogP contribution is -2.36. The summed E-state index contributed by atoms with van der Waals surface area (Å²) in [5.41, 5.74) is 0.521. The third-order valence-corrected chi connectivity index (χ3v) is 2.80. The first-order valence-corrected chi connectivity index (χ1v) is 5.53. The van der Waals surface area contributed by atoms with Gasteiger partial charge in [0.1, 0.15) is 5.75 Å². The highest BCUT2D eigenvalue weighted by atomic mass is 16.5. The Hall–Kier alpha value is -2.08. The first-order valence-electron chi connectivity index (χ1n) is 5.53. The maximum Gasteiger partial charge on any atom is 0.377 e. The summed E-state index contributed by atoms with van der Waals surface area (Å²) in [6.45, 7) is 2.52. The Balaban J connectivity index is 2.30. The van der Waals surface area contributed by atoms with Crippen molar-refractivity contribution < 1.29 is 24.5 Å². The highest BCUT2D eigenvalue weighted by Gasteiger charge is 2.21. The van der Waals surface area contributed by atoms with Gasteiger partial charge in [-0.25, -0.2) is 4.79 Å². The molecule has 1 fully saturated rings. The number of hydrogen-bond acceptors (Lipinski definition) is 5. The third kappa shape index (κ3) is 2.43. The zero-order valence-corrected chi connectivity index (χ0v) is 9.63. The minimum absolute atomic E-state index is 0.188. The van der Waals surface area contributed by atoms with Gasteiger partial charge in [0.25, 0.3) is 5.78 Å². The van der Waals surface area contributed by atoms with E-state index in [4.69, 9.17) is 9.84 Å². The van der Waals surface area contributed by atoms with Crippen molar-refractivity contribution in [3.63, 3.8) is 0 Å². The molecule has 6 nitrogen and oxygen atoms in total. The van der Waals surface area contributed by atoms with Crippen LogP contribution in [-0.4, -0.2) is 48.3 Å². The molecule has 1 aromatic carbocycles. The SMILES string of the molecule is O=C(O)C(=O)c1cc(N2CCOCC2)ccc1O. The van der Waals surface area contributed by atoms with E-state index in [1.807, 2.05) is 4.90 Å². The van der Waals surface area contributed by atoms with Crippen LogP contribution in [0.2, 0.25) is 0 Å². The van der Waals surface area contributed by atoms with E-state index in [1.165, 1.54) is 12.1 Å². The van der Waals surface area contributed by atoms with Gasteiger partial charge >= 0.3 is 5.97 Å². The summed E-state index contributed by atoms with van der Waals surface area (Å²) >= 11 is 0. The minimum Gasteiger partial charge on any atom is -0.507 e. The number of phenols is 1. The van der Waals surface area contributed by atoms with Crippen LogP contribution in [0.15, 0.2) is 18.2 Å². The van der Waals surface area contributed by atoms with Crippen LogP contribution >= 0.6 is 0 Å². The number of morpholine rings is 1. The van der Waals surface area contributed by atoms with Crippen molar-refractivity contribution in [2.24, 2.45) is 0 Å². The maximum atomic E-state index is 11.4. The van der Waals surface area contributed by atoms with Crippen molar-refractivity contribution in [3.05, 3.63) is 23.8 Å². The summed E-state index contributed by atoms with van der Waals surface area (Å²) in [6.07, 6.45) is 0. The molecule has 1 saturated heterocycles. The van der Waals surface area contributed by atoms with Gasteiger partial charge < -0.3 is 19.8 Å². The molecule has 0 aromatic heterocycles. The van der Waals surface area contributed by atoms with Crippen LogP contribution in [0.1, 0.15) is 10.4 Å². The molecule has 1 heterocycles. The van der Waals surface area contributed by atoms with Gasteiger partial charge in [-0.1, -0.05) is 0 Å². The fourth-order valence-corrected chi connectivity index (χ4v) is 1.84. The standard InChI is InChI=1S/C12H13NO5/c14-10-2-1-8(13-3-5-18-6-4-13)7-9(10)11(15)12(16)17/h1-2,7,14H,3-6H2,(H,16,17). The second-order valence-corrected chi connectivity index (χ2v) is 3.94. The third-order valence-electron chi connectivity index (χ3n) is 2.80. The van der Waals surface area contributed by atoms with Gasteiger partial charge in [-0.15, -0.1) is 0 Å². The number of carboxylic acids is 1. The van der Waals surface area contributed by atoms with Crippen molar-refractivity contribution >= 4 is 17.4 Å². The van der Waals surface area contributed by atoms with Crippen LogP contribution in [0.5, 0.6) is 5.75 Å². The van der Waals surface area contributed by atoms with E-state index in [-0.39, 0.29) is 11.3 Å². The number of aliphatic carboxylic acids is 1. The Labute approximate surface area is 103 Å². The van der Waals surface area contributed by atoms with Crippen LogP contribution in [0.25, 0.3) is 0 Å². The fraction of sp³-hybridized carbons (Fsp3) is 0.333. The van der Waals surface area contributed by atoms with Gasteiger partial charge in [0.15, 0.2) is 0 Å². The number of hydrogen-bond donors (Lipinski definition) is 2. The smallest absolute Gasteiger partial charge is 0.377 e. The van der Waals surface area contributed by atoms with Gasteiger partial charge in [0.05, 0.1) is 18.8 Å². The summed E-state index contributed by atoms with van der Waals surface area (Å²) in [5.74, 6) is -3.01. The highest BCUT2D eigenvalue weighted by molar-refractivity contribution is 6.40. The lowest BCUT2D eigenvalue weighted by Gasteiger charge is -2.29. The quantitative estimate of drug-likeness (QED) is 0.600. The largest absolute Gasteiger partial charge is 0.507 e. The fourth-order valence-electron chi connectivity index (χ4n) is 1.84. The van der Waals surface area contributed by atoms with Crippen molar-refractivity contribution in [2.45, 2.75) is 0 Å². The Kier molecular flexibility index (Phi) is 3.47. The van der Waals surface area contributed by atoms with E-state index in [2.05, 4.69) is 0 Å². The molecule has 18 heavy (non-hydrogen) atoms. The predicted octanol–water partition coefficient (Wildman–Crippen LogP) is 0.496. The number of phenolic OH excluding ortho intramolecular Hbond substituents is 1. The number of Topliss-reactive ketones (excluding diaryl/α,β-unsaturated/α-hetero) is 1. The summed E-state index contributed by atoms with van der Waals surface area (Å²) in [6, 6.07) is 4.39. The van der Waals surface area contributed by atoms with Gasteiger partial charge in [-0.2, -0.15) is 0 Å². The monoisotopic (exact) mass is 251 g/mol. The number of ether oxygens (including phenoxy) is 1. The van der Waals surface area contributed by atoms with E-state index in [9.17, 15) is 14.7 Å². The zero-order chi connectivity index (χ0) is 13.1.